The van der Waals surface area contributed by atoms with Gasteiger partial charge in [0, 0.05) is 31.6 Å². The van der Waals surface area contributed by atoms with Crippen LogP contribution >= 0.6 is 12.4 Å². The maximum Gasteiger partial charge on any atom is 0.229 e. The summed E-state index contributed by atoms with van der Waals surface area (Å²) in [6.07, 6.45) is 2.43. The van der Waals surface area contributed by atoms with Crippen LogP contribution in [0.2, 0.25) is 0 Å². The number of nitrogens with one attached hydrogen (secondary N) is 1. The summed E-state index contributed by atoms with van der Waals surface area (Å²) in [6, 6.07) is 0.559. The van der Waals surface area contributed by atoms with Gasteiger partial charge in [0.1, 0.15) is 0 Å². The highest BCUT2D eigenvalue weighted by atomic mass is 35.5. The Balaban J connectivity index is 0.00000108. The Labute approximate surface area is 107 Å². The molecule has 96 valence electrons. The number of aromatic nitrogens is 2. The molecule has 2 aliphatic rings. The van der Waals surface area contributed by atoms with E-state index in [1.807, 2.05) is 0 Å². The van der Waals surface area contributed by atoms with Crippen molar-refractivity contribution in [1.29, 1.82) is 0 Å². The van der Waals surface area contributed by atoms with Gasteiger partial charge in [0.15, 0.2) is 5.82 Å². The lowest BCUT2D eigenvalue weighted by molar-refractivity contribution is 0.193. The molecular weight excluding hydrogens is 240 g/mol. The quantitative estimate of drug-likeness (QED) is 0.882. The van der Waals surface area contributed by atoms with E-state index in [0.29, 0.717) is 12.0 Å². The maximum absolute atomic E-state index is 5.25. The Morgan fingerprint density at radius 2 is 2.29 bits per heavy atom. The Bertz CT molecular complexity index is 366. The molecular formula is C11H19ClN4O. The van der Waals surface area contributed by atoms with Crippen LogP contribution in [0.3, 0.4) is 0 Å². The SMILES string of the molecule is CC1CN(Cc2noc(C3CC3)n2)CCN1.Cl. The lowest BCUT2D eigenvalue weighted by atomic mass is 10.2. The number of hydrogen-bond acceptors (Lipinski definition) is 5. The van der Waals surface area contributed by atoms with Crippen LogP contribution in [0.25, 0.3) is 0 Å². The summed E-state index contributed by atoms with van der Waals surface area (Å²) < 4.78 is 5.25. The molecule has 3 rings (SSSR count). The molecule has 0 bridgehead atoms. The average Bonchev–Trinajstić information content (AvgIpc) is 3.01. The fourth-order valence-electron chi connectivity index (χ4n) is 2.18. The van der Waals surface area contributed by atoms with Crippen molar-refractivity contribution in [2.45, 2.75) is 38.3 Å². The van der Waals surface area contributed by atoms with Gasteiger partial charge in [-0.1, -0.05) is 5.16 Å². The van der Waals surface area contributed by atoms with E-state index < -0.39 is 0 Å². The molecule has 5 nitrogen and oxygen atoms in total. The molecule has 1 aromatic rings. The zero-order valence-corrected chi connectivity index (χ0v) is 10.9. The van der Waals surface area contributed by atoms with Crippen molar-refractivity contribution in [2.75, 3.05) is 19.6 Å². The van der Waals surface area contributed by atoms with E-state index in [1.165, 1.54) is 12.8 Å². The van der Waals surface area contributed by atoms with Crippen LogP contribution in [0, 0.1) is 0 Å². The van der Waals surface area contributed by atoms with E-state index in [1.54, 1.807) is 0 Å². The van der Waals surface area contributed by atoms with Crippen LogP contribution in [-0.4, -0.2) is 40.7 Å². The second kappa shape index (κ2) is 5.33. The fraction of sp³-hybridized carbons (Fsp3) is 0.818. The van der Waals surface area contributed by atoms with Gasteiger partial charge in [0.05, 0.1) is 6.54 Å². The first-order valence-corrected chi connectivity index (χ1v) is 6.09. The number of nitrogens with zero attached hydrogens (tertiary/aromatic N) is 3. The van der Waals surface area contributed by atoms with Crippen molar-refractivity contribution < 1.29 is 4.52 Å². The van der Waals surface area contributed by atoms with Crippen LogP contribution in [0.1, 0.15) is 37.4 Å². The molecule has 2 heterocycles. The number of piperazine rings is 1. The van der Waals surface area contributed by atoms with Gasteiger partial charge in [-0.2, -0.15) is 4.98 Å². The van der Waals surface area contributed by atoms with Crippen molar-refractivity contribution in [1.82, 2.24) is 20.4 Å². The minimum absolute atomic E-state index is 0. The normalized spacial score (nSPS) is 25.6. The predicted octanol–water partition coefficient (Wildman–Crippen LogP) is 1.16. The third-order valence-electron chi connectivity index (χ3n) is 3.23. The monoisotopic (exact) mass is 258 g/mol. The van der Waals surface area contributed by atoms with Gasteiger partial charge in [-0.15, -0.1) is 12.4 Å². The molecule has 1 N–H and O–H groups in total. The second-order valence-electron chi connectivity index (χ2n) is 4.91. The summed E-state index contributed by atoms with van der Waals surface area (Å²) in [5.41, 5.74) is 0. The maximum atomic E-state index is 5.25. The van der Waals surface area contributed by atoms with Gasteiger partial charge in [-0.3, -0.25) is 4.90 Å². The van der Waals surface area contributed by atoms with Gasteiger partial charge in [0.2, 0.25) is 5.89 Å². The molecule has 1 unspecified atom stereocenters. The Hall–Kier alpha value is -0.650. The highest BCUT2D eigenvalue weighted by Crippen LogP contribution is 2.38. The highest BCUT2D eigenvalue weighted by molar-refractivity contribution is 5.85. The Morgan fingerprint density at radius 1 is 1.47 bits per heavy atom. The van der Waals surface area contributed by atoms with Crippen molar-refractivity contribution >= 4 is 12.4 Å². The number of halogens is 1. The summed E-state index contributed by atoms with van der Waals surface area (Å²) >= 11 is 0. The highest BCUT2D eigenvalue weighted by Gasteiger charge is 2.30. The first-order valence-electron chi connectivity index (χ1n) is 6.09. The molecule has 0 spiro atoms. The Morgan fingerprint density at radius 3 is 3.00 bits per heavy atom. The Kier molecular flexibility index (Phi) is 4.01. The van der Waals surface area contributed by atoms with Crippen molar-refractivity contribution in [3.8, 4) is 0 Å². The van der Waals surface area contributed by atoms with Gasteiger partial charge >= 0.3 is 0 Å². The lowest BCUT2D eigenvalue weighted by Crippen LogP contribution is -2.48. The van der Waals surface area contributed by atoms with Gasteiger partial charge in [-0.05, 0) is 19.8 Å². The zero-order chi connectivity index (χ0) is 11.0. The molecule has 1 aromatic heterocycles. The first kappa shape index (κ1) is 12.8. The largest absolute Gasteiger partial charge is 0.339 e. The van der Waals surface area contributed by atoms with Crippen molar-refractivity contribution in [3.63, 3.8) is 0 Å². The molecule has 2 fully saturated rings. The van der Waals surface area contributed by atoms with E-state index in [-0.39, 0.29) is 12.4 Å². The third-order valence-corrected chi connectivity index (χ3v) is 3.23. The third kappa shape index (κ3) is 3.18. The molecule has 0 amide bonds. The molecule has 1 saturated heterocycles. The topological polar surface area (TPSA) is 54.2 Å². The summed E-state index contributed by atoms with van der Waals surface area (Å²) in [4.78, 5) is 6.83. The minimum atomic E-state index is 0. The summed E-state index contributed by atoms with van der Waals surface area (Å²) in [5.74, 6) is 2.25. The zero-order valence-electron chi connectivity index (χ0n) is 10.1. The molecule has 17 heavy (non-hydrogen) atoms. The van der Waals surface area contributed by atoms with Crippen molar-refractivity contribution in [2.24, 2.45) is 0 Å². The van der Waals surface area contributed by atoms with Crippen LogP contribution in [0.5, 0.6) is 0 Å². The first-order chi connectivity index (χ1) is 7.81. The van der Waals surface area contributed by atoms with Crippen LogP contribution in [0.15, 0.2) is 4.52 Å². The van der Waals surface area contributed by atoms with Crippen LogP contribution in [0.4, 0.5) is 0 Å². The van der Waals surface area contributed by atoms with E-state index in [0.717, 1.165) is 37.9 Å². The fourth-order valence-corrected chi connectivity index (χ4v) is 2.18. The van der Waals surface area contributed by atoms with Gasteiger partial charge in [-0.25, -0.2) is 0 Å². The van der Waals surface area contributed by atoms with Crippen molar-refractivity contribution in [3.05, 3.63) is 11.7 Å². The number of hydrogen-bond donors (Lipinski definition) is 1. The van der Waals surface area contributed by atoms with E-state index >= 15 is 0 Å². The standard InChI is InChI=1S/C11H18N4O.ClH/c1-8-6-15(5-4-12-8)7-10-13-11(16-14-10)9-2-3-9;/h8-9,12H,2-7H2,1H3;1H. The summed E-state index contributed by atoms with van der Waals surface area (Å²) in [6.45, 7) is 6.21. The minimum Gasteiger partial charge on any atom is -0.339 e. The van der Waals surface area contributed by atoms with Crippen LogP contribution < -0.4 is 5.32 Å². The van der Waals surface area contributed by atoms with Crippen LogP contribution in [-0.2, 0) is 6.54 Å². The second-order valence-corrected chi connectivity index (χ2v) is 4.91. The average molecular weight is 259 g/mol. The molecule has 0 aromatic carbocycles. The van der Waals surface area contributed by atoms with Gasteiger partial charge < -0.3 is 9.84 Å². The number of rotatable bonds is 3. The molecule has 0 radical (unpaired) electrons. The van der Waals surface area contributed by atoms with E-state index in [2.05, 4.69) is 27.3 Å². The van der Waals surface area contributed by atoms with E-state index in [4.69, 9.17) is 4.52 Å². The van der Waals surface area contributed by atoms with Gasteiger partial charge in [0.25, 0.3) is 0 Å². The lowest BCUT2D eigenvalue weighted by Gasteiger charge is -2.30. The smallest absolute Gasteiger partial charge is 0.229 e. The molecule has 1 aliphatic heterocycles. The summed E-state index contributed by atoms with van der Waals surface area (Å²) in [7, 11) is 0. The summed E-state index contributed by atoms with van der Waals surface area (Å²) in [5, 5.41) is 7.47. The predicted molar refractivity (Wildman–Crippen MR) is 66.3 cm³/mol. The molecule has 6 heteroatoms. The molecule has 1 saturated carbocycles. The van der Waals surface area contributed by atoms with E-state index in [9.17, 15) is 0 Å². The molecule has 1 atom stereocenters. The molecule has 1 aliphatic carbocycles.